The molecule has 1 saturated carbocycles. The van der Waals surface area contributed by atoms with Crippen molar-refractivity contribution in [3.63, 3.8) is 0 Å². The van der Waals surface area contributed by atoms with Crippen molar-refractivity contribution in [2.75, 3.05) is 29.5 Å². The number of benzene rings is 1. The predicted octanol–water partition coefficient (Wildman–Crippen LogP) is 3.80. The number of nitrogens with two attached hydrogens (primary N) is 1. The second kappa shape index (κ2) is 7.57. The van der Waals surface area contributed by atoms with E-state index in [0.29, 0.717) is 46.7 Å². The second-order valence-electron chi connectivity index (χ2n) is 7.92. The SMILES string of the molecule is Cc1c(-c2cc3cc(NC(=O)NC4CCC4)ncc3c(N)c2F)cnc2c1NCCO2. The molecule has 0 spiro atoms. The predicted molar refractivity (Wildman–Crippen MR) is 118 cm³/mol. The lowest BCUT2D eigenvalue weighted by atomic mass is 9.93. The fourth-order valence-corrected chi connectivity index (χ4v) is 3.94. The van der Waals surface area contributed by atoms with E-state index in [1.807, 2.05) is 6.92 Å². The number of carbonyl (C=O) groups is 1. The van der Waals surface area contributed by atoms with Crippen LogP contribution in [0.25, 0.3) is 21.9 Å². The molecule has 0 bridgehead atoms. The summed E-state index contributed by atoms with van der Waals surface area (Å²) in [4.78, 5) is 20.7. The average molecular weight is 422 g/mol. The van der Waals surface area contributed by atoms with Crippen molar-refractivity contribution in [1.82, 2.24) is 15.3 Å². The number of hydrogen-bond donors (Lipinski definition) is 4. The number of nitrogens with zero attached hydrogens (tertiary/aromatic N) is 2. The molecule has 3 heterocycles. The zero-order chi connectivity index (χ0) is 21.5. The van der Waals surface area contributed by atoms with Crippen LogP contribution in [0.3, 0.4) is 0 Å². The van der Waals surface area contributed by atoms with Crippen LogP contribution in [0, 0.1) is 12.7 Å². The van der Waals surface area contributed by atoms with E-state index in [1.54, 1.807) is 18.3 Å². The van der Waals surface area contributed by atoms with Crippen molar-refractivity contribution in [2.24, 2.45) is 0 Å². The molecular formula is C22H23FN6O2. The topological polar surface area (TPSA) is 114 Å². The van der Waals surface area contributed by atoms with E-state index in [-0.39, 0.29) is 17.8 Å². The molecule has 0 saturated heterocycles. The quantitative estimate of drug-likeness (QED) is 0.478. The van der Waals surface area contributed by atoms with Crippen molar-refractivity contribution in [2.45, 2.75) is 32.2 Å². The fourth-order valence-electron chi connectivity index (χ4n) is 3.94. The minimum atomic E-state index is -0.528. The molecule has 31 heavy (non-hydrogen) atoms. The maximum atomic E-state index is 15.2. The van der Waals surface area contributed by atoms with Gasteiger partial charge >= 0.3 is 6.03 Å². The highest BCUT2D eigenvalue weighted by atomic mass is 19.1. The van der Waals surface area contributed by atoms with E-state index in [4.69, 9.17) is 10.5 Å². The molecule has 2 amide bonds. The fraction of sp³-hybridized carbons (Fsp3) is 0.318. The Kier molecular flexibility index (Phi) is 4.72. The number of amides is 2. The molecule has 0 radical (unpaired) electrons. The molecule has 1 aliphatic heterocycles. The van der Waals surface area contributed by atoms with E-state index >= 15 is 4.39 Å². The van der Waals surface area contributed by atoms with Crippen LogP contribution in [0.15, 0.2) is 24.5 Å². The third kappa shape index (κ3) is 3.45. The van der Waals surface area contributed by atoms with Crippen molar-refractivity contribution in [3.8, 4) is 17.0 Å². The minimum absolute atomic E-state index is 0.00630. The van der Waals surface area contributed by atoms with Gasteiger partial charge < -0.3 is 21.1 Å². The van der Waals surface area contributed by atoms with Crippen LogP contribution in [0.4, 0.5) is 26.4 Å². The molecule has 2 aliphatic rings. The molecule has 9 heteroatoms. The highest BCUT2D eigenvalue weighted by molar-refractivity contribution is 6.00. The first-order valence-corrected chi connectivity index (χ1v) is 10.3. The van der Waals surface area contributed by atoms with Crippen LogP contribution >= 0.6 is 0 Å². The van der Waals surface area contributed by atoms with E-state index in [9.17, 15) is 4.79 Å². The molecule has 160 valence electrons. The van der Waals surface area contributed by atoms with Crippen LogP contribution in [0.2, 0.25) is 0 Å². The van der Waals surface area contributed by atoms with Crippen molar-refractivity contribution in [3.05, 3.63) is 35.9 Å². The van der Waals surface area contributed by atoms with E-state index in [0.717, 1.165) is 30.5 Å². The van der Waals surface area contributed by atoms with Crippen LogP contribution in [-0.4, -0.2) is 35.2 Å². The lowest BCUT2D eigenvalue weighted by Gasteiger charge is -2.26. The Balaban J connectivity index is 1.53. The molecule has 0 unspecified atom stereocenters. The van der Waals surface area contributed by atoms with Crippen LogP contribution < -0.4 is 26.4 Å². The van der Waals surface area contributed by atoms with Gasteiger partial charge in [0.05, 0.1) is 5.69 Å². The Morgan fingerprint density at radius 2 is 2.10 bits per heavy atom. The standard InChI is InChI=1S/C22H23FN6O2/c1-11-15(9-27-21-20(11)25-5-6-31-21)14-7-12-8-17(26-10-16(12)19(24)18(14)23)29-22(30)28-13-3-2-4-13/h7-10,13,25H,2-6,24H2,1H3,(H2,26,28,29,30). The molecule has 2 aromatic heterocycles. The zero-order valence-electron chi connectivity index (χ0n) is 17.1. The Hall–Kier alpha value is -3.62. The Morgan fingerprint density at radius 1 is 1.26 bits per heavy atom. The average Bonchev–Trinajstić information content (AvgIpc) is 2.74. The van der Waals surface area contributed by atoms with Crippen molar-refractivity contribution in [1.29, 1.82) is 0 Å². The van der Waals surface area contributed by atoms with Crippen LogP contribution in [0.1, 0.15) is 24.8 Å². The lowest BCUT2D eigenvalue weighted by molar-refractivity contribution is 0.240. The number of aromatic nitrogens is 2. The summed E-state index contributed by atoms with van der Waals surface area (Å²) in [6.07, 6.45) is 6.18. The van der Waals surface area contributed by atoms with E-state index in [1.165, 1.54) is 6.20 Å². The first-order valence-electron chi connectivity index (χ1n) is 10.3. The number of hydrogen-bond acceptors (Lipinski definition) is 6. The molecule has 1 aliphatic carbocycles. The summed E-state index contributed by atoms with van der Waals surface area (Å²) >= 11 is 0. The monoisotopic (exact) mass is 422 g/mol. The molecule has 0 atom stereocenters. The normalized spacial score (nSPS) is 15.4. The largest absolute Gasteiger partial charge is 0.474 e. The highest BCUT2D eigenvalue weighted by Crippen LogP contribution is 2.39. The molecule has 8 nitrogen and oxygen atoms in total. The van der Waals surface area contributed by atoms with E-state index < -0.39 is 5.82 Å². The summed E-state index contributed by atoms with van der Waals surface area (Å²) in [6.45, 7) is 3.08. The smallest absolute Gasteiger partial charge is 0.320 e. The van der Waals surface area contributed by atoms with Gasteiger partial charge in [-0.05, 0) is 49.3 Å². The summed E-state index contributed by atoms with van der Waals surface area (Å²) in [5.74, 6) is 0.353. The van der Waals surface area contributed by atoms with Gasteiger partial charge in [0.1, 0.15) is 18.1 Å². The van der Waals surface area contributed by atoms with Gasteiger partial charge in [0.2, 0.25) is 5.88 Å². The van der Waals surface area contributed by atoms with Gasteiger partial charge in [0.25, 0.3) is 0 Å². The van der Waals surface area contributed by atoms with E-state index in [2.05, 4.69) is 25.9 Å². The number of carbonyl (C=O) groups excluding carboxylic acids is 1. The van der Waals surface area contributed by atoms with Crippen molar-refractivity contribution >= 4 is 34.0 Å². The summed E-state index contributed by atoms with van der Waals surface area (Å²) in [6, 6.07) is 3.32. The zero-order valence-corrected chi connectivity index (χ0v) is 17.1. The molecule has 1 aromatic carbocycles. The van der Waals surface area contributed by atoms with Gasteiger partial charge in [-0.1, -0.05) is 0 Å². The van der Waals surface area contributed by atoms with Gasteiger partial charge in [0, 0.05) is 41.5 Å². The van der Waals surface area contributed by atoms with Crippen LogP contribution in [0.5, 0.6) is 5.88 Å². The number of fused-ring (bicyclic) bond motifs is 2. The number of urea groups is 1. The number of anilines is 3. The summed E-state index contributed by atoms with van der Waals surface area (Å²) < 4.78 is 20.8. The molecule has 5 N–H and O–H groups in total. The van der Waals surface area contributed by atoms with Crippen molar-refractivity contribution < 1.29 is 13.9 Å². The lowest BCUT2D eigenvalue weighted by Crippen LogP contribution is -2.41. The highest BCUT2D eigenvalue weighted by Gasteiger charge is 2.22. The van der Waals surface area contributed by atoms with Gasteiger partial charge in [0.15, 0.2) is 5.82 Å². The number of pyridine rings is 2. The minimum Gasteiger partial charge on any atom is -0.474 e. The number of ether oxygens (including phenoxy) is 1. The van der Waals surface area contributed by atoms with Gasteiger partial charge in [-0.3, -0.25) is 5.32 Å². The molecule has 3 aromatic rings. The summed E-state index contributed by atoms with van der Waals surface area (Å²) in [5.41, 5.74) is 8.66. The maximum absolute atomic E-state index is 15.2. The molecular weight excluding hydrogens is 399 g/mol. The number of nitrogen functional groups attached to an aromatic ring is 1. The molecule has 5 rings (SSSR count). The first kappa shape index (κ1) is 19.3. The third-order valence-electron chi connectivity index (χ3n) is 5.92. The number of rotatable bonds is 3. The Labute approximate surface area is 178 Å². The Bertz CT molecular complexity index is 1190. The Morgan fingerprint density at radius 3 is 2.87 bits per heavy atom. The number of nitrogens with one attached hydrogen (secondary N) is 3. The second-order valence-corrected chi connectivity index (χ2v) is 7.92. The molecule has 1 fully saturated rings. The van der Waals surface area contributed by atoms with Gasteiger partial charge in [-0.2, -0.15) is 0 Å². The first-order chi connectivity index (χ1) is 15.0. The van der Waals surface area contributed by atoms with Crippen LogP contribution in [-0.2, 0) is 0 Å². The maximum Gasteiger partial charge on any atom is 0.320 e. The van der Waals surface area contributed by atoms with Gasteiger partial charge in [-0.15, -0.1) is 0 Å². The summed E-state index contributed by atoms with van der Waals surface area (Å²) in [5, 5.41) is 10.1. The summed E-state index contributed by atoms with van der Waals surface area (Å²) in [7, 11) is 0. The van der Waals surface area contributed by atoms with Gasteiger partial charge in [-0.25, -0.2) is 19.2 Å². The third-order valence-corrected chi connectivity index (χ3v) is 5.92. The number of halogens is 1.